The number of amides is 2. The maximum atomic E-state index is 13.2. The largest absolute Gasteiger partial charge is 0.496 e. The molecule has 2 unspecified atom stereocenters. The van der Waals surface area contributed by atoms with E-state index < -0.39 is 0 Å². The van der Waals surface area contributed by atoms with Gasteiger partial charge >= 0.3 is 0 Å². The standard InChI is InChI=1S/C23H30ClN7O3/c1-12-8-27-16(13(2)19(12)34-3)11-31-10-15(18-20(24)28-23(26)29-22(18)31)7-17(32)30-6-4-5-14(9-30)21(25)33/h8,14-15H,4-7,9-11H2,1-3H3,(H2,25,33)(H2,26,28,29). The second-order valence-corrected chi connectivity index (χ2v) is 9.38. The zero-order chi connectivity index (χ0) is 24.6. The normalized spacial score (nSPS) is 19.8. The van der Waals surface area contributed by atoms with E-state index in [2.05, 4.69) is 15.0 Å². The monoisotopic (exact) mass is 487 g/mol. The summed E-state index contributed by atoms with van der Waals surface area (Å²) in [6.45, 7) is 5.87. The quantitative estimate of drug-likeness (QED) is 0.589. The summed E-state index contributed by atoms with van der Waals surface area (Å²) in [5.74, 6) is 0.572. The van der Waals surface area contributed by atoms with Crippen molar-refractivity contribution in [1.82, 2.24) is 19.9 Å². The van der Waals surface area contributed by atoms with Crippen LogP contribution < -0.4 is 21.1 Å². The van der Waals surface area contributed by atoms with E-state index in [1.54, 1.807) is 18.2 Å². The number of hydrogen-bond donors (Lipinski definition) is 2. The zero-order valence-corrected chi connectivity index (χ0v) is 20.4. The SMILES string of the molecule is COc1c(C)cnc(CN2CC(CC(=O)N3CCCC(C(N)=O)C3)c3c(Cl)nc(N)nc32)c1C. The number of nitrogens with two attached hydrogens (primary N) is 2. The molecule has 4 heterocycles. The minimum Gasteiger partial charge on any atom is -0.496 e. The van der Waals surface area contributed by atoms with Crippen molar-refractivity contribution >= 4 is 35.2 Å². The van der Waals surface area contributed by atoms with Gasteiger partial charge in [0.25, 0.3) is 0 Å². The minimum atomic E-state index is -0.363. The molecule has 0 radical (unpaired) electrons. The Bertz CT molecular complexity index is 1130. The molecule has 1 saturated heterocycles. The molecular weight excluding hydrogens is 458 g/mol. The first-order valence-corrected chi connectivity index (χ1v) is 11.7. The number of ether oxygens (including phenoxy) is 1. The van der Waals surface area contributed by atoms with Gasteiger partial charge in [-0.25, -0.2) is 4.98 Å². The van der Waals surface area contributed by atoms with Crippen LogP contribution in [0.4, 0.5) is 11.8 Å². The molecule has 2 amide bonds. The molecule has 182 valence electrons. The fraction of sp³-hybridized carbons (Fsp3) is 0.522. The summed E-state index contributed by atoms with van der Waals surface area (Å²) in [6, 6.07) is 0. The Hall–Kier alpha value is -3.14. The Morgan fingerprint density at radius 1 is 1.26 bits per heavy atom. The van der Waals surface area contributed by atoms with E-state index in [0.717, 1.165) is 29.0 Å². The van der Waals surface area contributed by atoms with Crippen LogP contribution in [0, 0.1) is 19.8 Å². The maximum absolute atomic E-state index is 13.2. The van der Waals surface area contributed by atoms with Crippen LogP contribution in [0.3, 0.4) is 0 Å². The molecule has 11 heteroatoms. The Morgan fingerprint density at radius 2 is 2.03 bits per heavy atom. The fourth-order valence-electron chi connectivity index (χ4n) is 4.98. The molecule has 10 nitrogen and oxygen atoms in total. The number of primary amides is 1. The smallest absolute Gasteiger partial charge is 0.223 e. The average molecular weight is 488 g/mol. The summed E-state index contributed by atoms with van der Waals surface area (Å²) in [4.78, 5) is 41.7. The van der Waals surface area contributed by atoms with Crippen molar-refractivity contribution < 1.29 is 14.3 Å². The van der Waals surface area contributed by atoms with Crippen molar-refractivity contribution in [3.63, 3.8) is 0 Å². The number of fused-ring (bicyclic) bond motifs is 1. The lowest BCUT2D eigenvalue weighted by molar-refractivity contribution is -0.135. The van der Waals surface area contributed by atoms with Crippen molar-refractivity contribution in [3.05, 3.63) is 33.7 Å². The van der Waals surface area contributed by atoms with Crippen LogP contribution in [0.5, 0.6) is 5.75 Å². The second-order valence-electron chi connectivity index (χ2n) is 9.02. The van der Waals surface area contributed by atoms with Crippen molar-refractivity contribution in [2.75, 3.05) is 37.4 Å². The number of halogens is 1. The van der Waals surface area contributed by atoms with E-state index in [0.29, 0.717) is 44.0 Å². The molecule has 2 atom stereocenters. The van der Waals surface area contributed by atoms with Crippen molar-refractivity contribution in [2.45, 2.75) is 45.6 Å². The molecule has 4 rings (SSSR count). The summed E-state index contributed by atoms with van der Waals surface area (Å²) in [5.41, 5.74) is 14.8. The number of likely N-dealkylation sites (tertiary alicyclic amines) is 1. The van der Waals surface area contributed by atoms with Gasteiger partial charge in [-0.2, -0.15) is 4.98 Å². The highest BCUT2D eigenvalue weighted by molar-refractivity contribution is 6.30. The number of nitrogen functional groups attached to an aromatic ring is 1. The van der Waals surface area contributed by atoms with Crippen molar-refractivity contribution in [3.8, 4) is 5.75 Å². The number of carbonyl (C=O) groups excluding carboxylic acids is 2. The van der Waals surface area contributed by atoms with Gasteiger partial charge in [0.2, 0.25) is 17.8 Å². The van der Waals surface area contributed by atoms with Gasteiger partial charge in [-0.15, -0.1) is 0 Å². The molecule has 34 heavy (non-hydrogen) atoms. The predicted octanol–water partition coefficient (Wildman–Crippen LogP) is 1.95. The van der Waals surface area contributed by atoms with Crippen LogP contribution in [-0.4, -0.2) is 58.4 Å². The number of methoxy groups -OCH3 is 1. The summed E-state index contributed by atoms with van der Waals surface area (Å²) < 4.78 is 5.55. The minimum absolute atomic E-state index is 0.0389. The molecule has 2 aliphatic rings. The van der Waals surface area contributed by atoms with Crippen molar-refractivity contribution in [1.29, 1.82) is 0 Å². The Labute approximate surface area is 203 Å². The average Bonchev–Trinajstić information content (AvgIpc) is 3.13. The van der Waals surface area contributed by atoms with Gasteiger partial charge in [0, 0.05) is 54.9 Å². The Kier molecular flexibility index (Phi) is 6.79. The molecular formula is C23H30ClN7O3. The van der Waals surface area contributed by atoms with E-state index in [4.69, 9.17) is 27.8 Å². The van der Waals surface area contributed by atoms with Crippen LogP contribution in [-0.2, 0) is 16.1 Å². The number of hydrogen-bond acceptors (Lipinski definition) is 8. The zero-order valence-electron chi connectivity index (χ0n) is 19.7. The third-order valence-electron chi connectivity index (χ3n) is 6.73. The lowest BCUT2D eigenvalue weighted by atomic mass is 9.95. The second kappa shape index (κ2) is 9.61. The molecule has 1 fully saturated rings. The van der Waals surface area contributed by atoms with E-state index in [1.165, 1.54) is 0 Å². The highest BCUT2D eigenvalue weighted by atomic mass is 35.5. The van der Waals surface area contributed by atoms with Gasteiger partial charge in [-0.1, -0.05) is 11.6 Å². The lowest BCUT2D eigenvalue weighted by Gasteiger charge is -2.32. The third kappa shape index (κ3) is 4.59. The number of aromatic nitrogens is 3. The van der Waals surface area contributed by atoms with Crippen LogP contribution in [0.1, 0.15) is 47.6 Å². The number of piperidine rings is 1. The fourth-order valence-corrected chi connectivity index (χ4v) is 5.30. The summed E-state index contributed by atoms with van der Waals surface area (Å²) in [6.07, 6.45) is 3.48. The maximum Gasteiger partial charge on any atom is 0.223 e. The first kappa shape index (κ1) is 24.0. The summed E-state index contributed by atoms with van der Waals surface area (Å²) >= 11 is 6.49. The first-order chi connectivity index (χ1) is 16.2. The molecule has 0 bridgehead atoms. The van der Waals surface area contributed by atoms with E-state index >= 15 is 0 Å². The lowest BCUT2D eigenvalue weighted by Crippen LogP contribution is -2.44. The van der Waals surface area contributed by atoms with Crippen LogP contribution in [0.2, 0.25) is 5.15 Å². The number of pyridine rings is 1. The molecule has 2 aromatic rings. The Morgan fingerprint density at radius 3 is 2.74 bits per heavy atom. The molecule has 0 aromatic carbocycles. The molecule has 0 spiro atoms. The predicted molar refractivity (Wildman–Crippen MR) is 129 cm³/mol. The number of anilines is 2. The van der Waals surface area contributed by atoms with E-state index in [9.17, 15) is 9.59 Å². The van der Waals surface area contributed by atoms with E-state index in [-0.39, 0.29) is 41.2 Å². The van der Waals surface area contributed by atoms with Gasteiger partial charge < -0.3 is 26.0 Å². The molecule has 0 aliphatic carbocycles. The molecule has 2 aliphatic heterocycles. The van der Waals surface area contributed by atoms with Gasteiger partial charge in [-0.3, -0.25) is 14.6 Å². The summed E-state index contributed by atoms with van der Waals surface area (Å²) in [7, 11) is 1.64. The van der Waals surface area contributed by atoms with Crippen LogP contribution in [0.25, 0.3) is 0 Å². The number of aryl methyl sites for hydroxylation is 1. The van der Waals surface area contributed by atoms with Gasteiger partial charge in [-0.05, 0) is 26.7 Å². The third-order valence-corrected chi connectivity index (χ3v) is 7.02. The van der Waals surface area contributed by atoms with Gasteiger partial charge in [0.1, 0.15) is 16.7 Å². The van der Waals surface area contributed by atoms with Crippen LogP contribution >= 0.6 is 11.6 Å². The molecule has 2 aromatic heterocycles. The summed E-state index contributed by atoms with van der Waals surface area (Å²) in [5, 5.41) is 0.252. The first-order valence-electron chi connectivity index (χ1n) is 11.3. The van der Waals surface area contributed by atoms with Gasteiger partial charge in [0.15, 0.2) is 0 Å². The van der Waals surface area contributed by atoms with Gasteiger partial charge in [0.05, 0.1) is 25.3 Å². The number of rotatable bonds is 6. The van der Waals surface area contributed by atoms with Crippen LogP contribution in [0.15, 0.2) is 6.20 Å². The highest BCUT2D eigenvalue weighted by Crippen LogP contribution is 2.42. The number of nitrogens with zero attached hydrogens (tertiary/aromatic N) is 5. The molecule has 0 saturated carbocycles. The molecule has 4 N–H and O–H groups in total. The van der Waals surface area contributed by atoms with Crippen molar-refractivity contribution in [2.24, 2.45) is 11.7 Å². The highest BCUT2D eigenvalue weighted by Gasteiger charge is 2.37. The Balaban J connectivity index is 1.58. The number of carbonyl (C=O) groups is 2. The topological polar surface area (TPSA) is 141 Å². The van der Waals surface area contributed by atoms with E-state index in [1.807, 2.05) is 18.7 Å².